The van der Waals surface area contributed by atoms with Gasteiger partial charge in [-0.2, -0.15) is 0 Å². The van der Waals surface area contributed by atoms with Gasteiger partial charge in [-0.05, 0) is 61.4 Å². The molecule has 1 aromatic carbocycles. The largest absolute Gasteiger partial charge is 0.388 e. The average Bonchev–Trinajstić information content (AvgIpc) is 2.44. The first-order chi connectivity index (χ1) is 9.86. The highest BCUT2D eigenvalue weighted by molar-refractivity contribution is 5.18. The van der Waals surface area contributed by atoms with Crippen LogP contribution in [0.5, 0.6) is 0 Å². The summed E-state index contributed by atoms with van der Waals surface area (Å²) < 4.78 is 13.2. The first-order valence-corrected chi connectivity index (χ1v) is 8.02. The Bertz CT molecular complexity index is 447. The molecule has 1 fully saturated rings. The van der Waals surface area contributed by atoms with Crippen LogP contribution < -0.4 is 0 Å². The molecule has 2 nitrogen and oxygen atoms in total. The van der Waals surface area contributed by atoms with Crippen LogP contribution in [0.25, 0.3) is 0 Å². The average molecular weight is 293 g/mol. The molecule has 3 heteroatoms. The summed E-state index contributed by atoms with van der Waals surface area (Å²) in [6.45, 7) is 10.1. The van der Waals surface area contributed by atoms with Gasteiger partial charge in [-0.3, -0.25) is 0 Å². The molecule has 21 heavy (non-hydrogen) atoms. The molecular weight excluding hydrogens is 265 g/mol. The number of rotatable bonds is 4. The van der Waals surface area contributed by atoms with Crippen molar-refractivity contribution in [3.8, 4) is 0 Å². The van der Waals surface area contributed by atoms with Crippen LogP contribution in [0.15, 0.2) is 24.3 Å². The number of likely N-dealkylation sites (tertiary alicyclic amines) is 1. The Balaban J connectivity index is 1.77. The van der Waals surface area contributed by atoms with Gasteiger partial charge in [0.25, 0.3) is 0 Å². The SMILES string of the molecule is CC(C)(C)C1CCN(CCC(O)c2cccc(F)c2)CC1. The molecule has 118 valence electrons. The lowest BCUT2D eigenvalue weighted by Crippen LogP contribution is -2.38. The van der Waals surface area contributed by atoms with Crippen molar-refractivity contribution in [1.29, 1.82) is 0 Å². The van der Waals surface area contributed by atoms with Crippen molar-refractivity contribution in [2.45, 2.75) is 46.1 Å². The van der Waals surface area contributed by atoms with Crippen LogP contribution in [0.4, 0.5) is 4.39 Å². The van der Waals surface area contributed by atoms with E-state index in [0.717, 1.165) is 25.6 Å². The van der Waals surface area contributed by atoms with Gasteiger partial charge in [0, 0.05) is 6.54 Å². The first-order valence-electron chi connectivity index (χ1n) is 8.02. The van der Waals surface area contributed by atoms with Crippen LogP contribution in [0.1, 0.15) is 51.7 Å². The highest BCUT2D eigenvalue weighted by Gasteiger charge is 2.28. The summed E-state index contributed by atoms with van der Waals surface area (Å²) in [5.41, 5.74) is 1.08. The second kappa shape index (κ2) is 6.89. The molecule has 1 aromatic rings. The molecule has 0 bridgehead atoms. The van der Waals surface area contributed by atoms with Gasteiger partial charge in [0.15, 0.2) is 0 Å². The smallest absolute Gasteiger partial charge is 0.123 e. The van der Waals surface area contributed by atoms with Crippen molar-refractivity contribution in [1.82, 2.24) is 4.90 Å². The van der Waals surface area contributed by atoms with Crippen LogP contribution in [-0.2, 0) is 0 Å². The molecule has 0 aromatic heterocycles. The van der Waals surface area contributed by atoms with E-state index in [-0.39, 0.29) is 5.82 Å². The third-order valence-electron chi connectivity index (χ3n) is 4.76. The van der Waals surface area contributed by atoms with Gasteiger partial charge in [-0.1, -0.05) is 32.9 Å². The Hall–Kier alpha value is -0.930. The molecular formula is C18H28FNO. The lowest BCUT2D eigenvalue weighted by atomic mass is 9.75. The molecule has 2 rings (SSSR count). The minimum absolute atomic E-state index is 0.280. The number of piperidine rings is 1. The Morgan fingerprint density at radius 2 is 1.95 bits per heavy atom. The van der Waals surface area contributed by atoms with E-state index >= 15 is 0 Å². The first kappa shape index (κ1) is 16.4. The van der Waals surface area contributed by atoms with E-state index in [0.29, 0.717) is 17.4 Å². The summed E-state index contributed by atoms with van der Waals surface area (Å²) in [6.07, 6.45) is 2.57. The molecule has 1 aliphatic rings. The summed E-state index contributed by atoms with van der Waals surface area (Å²) in [6, 6.07) is 6.28. The minimum Gasteiger partial charge on any atom is -0.388 e. The molecule has 1 N–H and O–H groups in total. The maximum Gasteiger partial charge on any atom is 0.123 e. The Morgan fingerprint density at radius 1 is 1.29 bits per heavy atom. The van der Waals surface area contributed by atoms with Crippen LogP contribution >= 0.6 is 0 Å². The molecule has 0 aliphatic carbocycles. The normalized spacial score (nSPS) is 19.7. The number of aliphatic hydroxyl groups excluding tert-OH is 1. The summed E-state index contributed by atoms with van der Waals surface area (Å²) in [5, 5.41) is 10.2. The van der Waals surface area contributed by atoms with Crippen LogP contribution in [0.2, 0.25) is 0 Å². The van der Waals surface area contributed by atoms with E-state index in [1.54, 1.807) is 12.1 Å². The second-order valence-electron chi connectivity index (χ2n) is 7.34. The fourth-order valence-corrected chi connectivity index (χ4v) is 3.21. The minimum atomic E-state index is -0.568. The zero-order valence-corrected chi connectivity index (χ0v) is 13.5. The van der Waals surface area contributed by atoms with E-state index in [9.17, 15) is 9.50 Å². The van der Waals surface area contributed by atoms with Gasteiger partial charge >= 0.3 is 0 Å². The summed E-state index contributed by atoms with van der Waals surface area (Å²) in [7, 11) is 0. The highest BCUT2D eigenvalue weighted by atomic mass is 19.1. The van der Waals surface area contributed by atoms with Gasteiger partial charge in [0.05, 0.1) is 6.10 Å². The predicted molar refractivity (Wildman–Crippen MR) is 84.6 cm³/mol. The van der Waals surface area contributed by atoms with Crippen molar-refractivity contribution in [3.63, 3.8) is 0 Å². The van der Waals surface area contributed by atoms with Crippen molar-refractivity contribution >= 4 is 0 Å². The van der Waals surface area contributed by atoms with E-state index in [1.165, 1.54) is 25.0 Å². The fraction of sp³-hybridized carbons (Fsp3) is 0.667. The fourth-order valence-electron chi connectivity index (χ4n) is 3.21. The van der Waals surface area contributed by atoms with Crippen LogP contribution in [0.3, 0.4) is 0 Å². The molecule has 1 unspecified atom stereocenters. The molecule has 0 amide bonds. The topological polar surface area (TPSA) is 23.5 Å². The van der Waals surface area contributed by atoms with Gasteiger partial charge in [-0.15, -0.1) is 0 Å². The Morgan fingerprint density at radius 3 is 2.52 bits per heavy atom. The maximum absolute atomic E-state index is 13.2. The zero-order chi connectivity index (χ0) is 15.5. The number of hydrogen-bond acceptors (Lipinski definition) is 2. The molecule has 1 saturated heterocycles. The maximum atomic E-state index is 13.2. The van der Waals surface area contributed by atoms with E-state index in [1.807, 2.05) is 0 Å². The third kappa shape index (κ3) is 4.79. The van der Waals surface area contributed by atoms with Crippen molar-refractivity contribution in [2.24, 2.45) is 11.3 Å². The standard InChI is InChI=1S/C18H28FNO/c1-18(2,3)15-7-10-20(11-8-15)12-9-17(21)14-5-4-6-16(19)13-14/h4-6,13,15,17,21H,7-12H2,1-3H3. The quantitative estimate of drug-likeness (QED) is 0.906. The third-order valence-corrected chi connectivity index (χ3v) is 4.76. The summed E-state index contributed by atoms with van der Waals surface area (Å²) in [5.74, 6) is 0.513. The Kier molecular flexibility index (Phi) is 5.39. The second-order valence-corrected chi connectivity index (χ2v) is 7.34. The predicted octanol–water partition coefficient (Wildman–Crippen LogP) is 4.01. The van der Waals surface area contributed by atoms with Gasteiger partial charge in [0.2, 0.25) is 0 Å². The lowest BCUT2D eigenvalue weighted by molar-refractivity contribution is 0.0914. The summed E-state index contributed by atoms with van der Waals surface area (Å²) >= 11 is 0. The molecule has 0 radical (unpaired) electrons. The highest BCUT2D eigenvalue weighted by Crippen LogP contribution is 2.34. The molecule has 0 spiro atoms. The Labute approximate surface area is 128 Å². The van der Waals surface area contributed by atoms with E-state index in [4.69, 9.17) is 0 Å². The number of aliphatic hydroxyl groups is 1. The monoisotopic (exact) mass is 293 g/mol. The molecule has 1 atom stereocenters. The number of halogens is 1. The van der Waals surface area contributed by atoms with Gasteiger partial charge < -0.3 is 10.0 Å². The van der Waals surface area contributed by atoms with E-state index < -0.39 is 6.10 Å². The van der Waals surface area contributed by atoms with Crippen LogP contribution in [-0.4, -0.2) is 29.6 Å². The van der Waals surface area contributed by atoms with Gasteiger partial charge in [0.1, 0.15) is 5.82 Å². The van der Waals surface area contributed by atoms with Crippen molar-refractivity contribution in [2.75, 3.05) is 19.6 Å². The number of nitrogens with zero attached hydrogens (tertiary/aromatic N) is 1. The van der Waals surface area contributed by atoms with Crippen LogP contribution in [0, 0.1) is 17.2 Å². The lowest BCUT2D eigenvalue weighted by Gasteiger charge is -2.39. The van der Waals surface area contributed by atoms with Gasteiger partial charge in [-0.25, -0.2) is 4.39 Å². The molecule has 1 aliphatic heterocycles. The molecule has 0 saturated carbocycles. The van der Waals surface area contributed by atoms with Crippen molar-refractivity contribution < 1.29 is 9.50 Å². The number of hydrogen-bond donors (Lipinski definition) is 1. The molecule has 1 heterocycles. The van der Waals surface area contributed by atoms with E-state index in [2.05, 4.69) is 25.7 Å². The summed E-state index contributed by atoms with van der Waals surface area (Å²) in [4.78, 5) is 2.42. The zero-order valence-electron chi connectivity index (χ0n) is 13.5. The number of benzene rings is 1. The van der Waals surface area contributed by atoms with Crippen molar-refractivity contribution in [3.05, 3.63) is 35.6 Å².